The summed E-state index contributed by atoms with van der Waals surface area (Å²) in [4.78, 5) is 0. The molecule has 0 saturated carbocycles. The van der Waals surface area contributed by atoms with E-state index in [9.17, 15) is 10.3 Å². The minimum absolute atomic E-state index is 0.556. The summed E-state index contributed by atoms with van der Waals surface area (Å²) < 4.78 is 0. The number of nitrogens with zero attached hydrogens (tertiary/aromatic N) is 2. The first-order valence-corrected chi connectivity index (χ1v) is 21.4. The molecule has 0 aliphatic carbocycles. The summed E-state index contributed by atoms with van der Waals surface area (Å²) in [5, 5.41) is 29.0. The molecule has 0 fully saturated rings. The van der Waals surface area contributed by atoms with Gasteiger partial charge in [-0.1, -0.05) is 182 Å². The van der Waals surface area contributed by atoms with Crippen molar-refractivity contribution < 1.29 is 17.0 Å². The van der Waals surface area contributed by atoms with Crippen molar-refractivity contribution in [3.63, 3.8) is 0 Å². The number of halogens is 2. The molecule has 7 heteroatoms. The summed E-state index contributed by atoms with van der Waals surface area (Å²) in [5.74, 6) is 0. The molecule has 0 spiro atoms. The second kappa shape index (κ2) is 16.8. The van der Waals surface area contributed by atoms with Gasteiger partial charge in [0.05, 0.1) is 0 Å². The summed E-state index contributed by atoms with van der Waals surface area (Å²) >= 11 is -0.556. The van der Waals surface area contributed by atoms with Gasteiger partial charge in [0.15, 0.2) is 0 Å². The van der Waals surface area contributed by atoms with Gasteiger partial charge in [-0.25, -0.2) is 0 Å². The molecule has 0 radical (unpaired) electrons. The largest absolute Gasteiger partial charge is 0.797 e. The molecule has 0 unspecified atom stereocenters. The fourth-order valence-corrected chi connectivity index (χ4v) is 10.2. The topological polar surface area (TPSA) is 44.6 Å². The monoisotopic (exact) mass is 670 g/mol. The predicted molar refractivity (Wildman–Crippen MR) is 189 cm³/mol. The molecule has 6 aromatic rings. The van der Waals surface area contributed by atoms with E-state index < -0.39 is 31.1 Å². The standard InChI is InChI=1S/2C18H15NP.2ClH.Ti/c2*19-20(16-10-4-1-5-11-16,17-12-6-2-7-13-17)18-14-8-3-9-15-18;;;/h2*1-15H;2*1H;/q2*-1;;;+2/p-2. The molecule has 0 saturated heterocycles. The SMILES string of the molecule is [Cl][Ti][Cl].[N-]=P(c1ccccc1)(c1ccccc1)c1ccccc1.[N-]=P(c1ccccc1)(c1ccccc1)c1ccccc1. The Bertz CT molecular complexity index is 1400. The second-order valence-electron chi connectivity index (χ2n) is 9.36. The zero-order valence-corrected chi connectivity index (χ0v) is 28.2. The van der Waals surface area contributed by atoms with Crippen molar-refractivity contribution in [3.05, 3.63) is 192 Å². The normalized spacial score (nSPS) is 10.7. The fourth-order valence-electron chi connectivity index (χ4n) is 4.76. The number of rotatable bonds is 6. The third-order valence-electron chi connectivity index (χ3n) is 6.78. The maximum absolute atomic E-state index is 11.5. The minimum atomic E-state index is -2.53. The molecule has 6 aromatic carbocycles. The molecule has 214 valence electrons. The van der Waals surface area contributed by atoms with Crippen molar-refractivity contribution in [3.8, 4) is 0 Å². The number of hydrogen-bond acceptors (Lipinski definition) is 0. The Labute approximate surface area is 272 Å². The first-order valence-electron chi connectivity index (χ1n) is 13.6. The van der Waals surface area contributed by atoms with Gasteiger partial charge in [-0.2, -0.15) is 0 Å². The molecule has 0 atom stereocenters. The second-order valence-corrected chi connectivity index (χ2v) is 17.6. The van der Waals surface area contributed by atoms with Gasteiger partial charge < -0.3 is 10.3 Å². The number of hydrogen-bond donors (Lipinski definition) is 0. The van der Waals surface area contributed by atoms with Gasteiger partial charge in [-0.3, -0.25) is 0 Å². The smallest absolute Gasteiger partial charge is 0.0372 e. The van der Waals surface area contributed by atoms with E-state index in [1.54, 1.807) is 0 Å². The summed E-state index contributed by atoms with van der Waals surface area (Å²) in [6, 6.07) is 59.7. The van der Waals surface area contributed by atoms with E-state index in [1.165, 1.54) is 0 Å². The zero-order chi connectivity index (χ0) is 30.4. The third kappa shape index (κ3) is 8.17. The van der Waals surface area contributed by atoms with Crippen LogP contribution in [-0.4, -0.2) is 0 Å². The van der Waals surface area contributed by atoms with Crippen LogP contribution in [0, 0.1) is 0 Å². The minimum Gasteiger partial charge on any atom is -0.797 e. The van der Waals surface area contributed by atoms with Crippen LogP contribution in [0.25, 0.3) is 10.3 Å². The molecule has 2 nitrogen and oxygen atoms in total. The Kier molecular flexibility index (Phi) is 12.9. The third-order valence-corrected chi connectivity index (χ3v) is 13.1. The molecule has 0 N–H and O–H groups in total. The molecule has 0 heterocycles. The van der Waals surface area contributed by atoms with Crippen LogP contribution < -0.4 is 31.8 Å². The van der Waals surface area contributed by atoms with Gasteiger partial charge in [0.1, 0.15) is 0 Å². The van der Waals surface area contributed by atoms with E-state index in [-0.39, 0.29) is 0 Å². The van der Waals surface area contributed by atoms with E-state index in [0.717, 1.165) is 31.8 Å². The van der Waals surface area contributed by atoms with Crippen LogP contribution >= 0.6 is 32.7 Å². The summed E-state index contributed by atoms with van der Waals surface area (Å²) in [5.41, 5.74) is 0. The van der Waals surface area contributed by atoms with E-state index in [0.29, 0.717) is 0 Å². The van der Waals surface area contributed by atoms with Crippen molar-refractivity contribution >= 4 is 64.5 Å². The molecule has 0 bridgehead atoms. The van der Waals surface area contributed by atoms with E-state index in [1.807, 2.05) is 182 Å². The van der Waals surface area contributed by atoms with Gasteiger partial charge in [0.25, 0.3) is 0 Å². The van der Waals surface area contributed by atoms with Gasteiger partial charge in [0.2, 0.25) is 0 Å². The van der Waals surface area contributed by atoms with Crippen LogP contribution in [0.2, 0.25) is 0 Å². The summed E-state index contributed by atoms with van der Waals surface area (Å²) in [6.45, 7) is 0. The quantitative estimate of drug-likeness (QED) is 0.126. The van der Waals surface area contributed by atoms with Crippen molar-refractivity contribution in [1.82, 2.24) is 0 Å². The van der Waals surface area contributed by atoms with Gasteiger partial charge >= 0.3 is 35.6 Å². The van der Waals surface area contributed by atoms with Crippen molar-refractivity contribution in [2.24, 2.45) is 0 Å². The number of benzene rings is 6. The average Bonchev–Trinajstić information content (AvgIpc) is 3.10. The van der Waals surface area contributed by atoms with Crippen molar-refractivity contribution in [1.29, 1.82) is 0 Å². The molecule has 0 aromatic heterocycles. The summed E-state index contributed by atoms with van der Waals surface area (Å²) in [7, 11) is 4.72. The van der Waals surface area contributed by atoms with Gasteiger partial charge in [0, 0.05) is 0 Å². The van der Waals surface area contributed by atoms with E-state index in [4.69, 9.17) is 18.6 Å². The Balaban J connectivity index is 0.000000181. The Hall–Kier alpha value is -2.93. The van der Waals surface area contributed by atoms with Crippen LogP contribution in [0.3, 0.4) is 0 Å². The Morgan fingerprint density at radius 1 is 0.302 bits per heavy atom. The van der Waals surface area contributed by atoms with Crippen LogP contribution in [0.1, 0.15) is 0 Å². The van der Waals surface area contributed by atoms with Gasteiger partial charge in [-0.15, -0.1) is 14.1 Å². The molecular weight excluding hydrogens is 641 g/mol. The van der Waals surface area contributed by atoms with Crippen LogP contribution in [0.15, 0.2) is 182 Å². The molecule has 0 aliphatic heterocycles. The van der Waals surface area contributed by atoms with Crippen molar-refractivity contribution in [2.45, 2.75) is 0 Å². The maximum Gasteiger partial charge on any atom is -0.0372 e. The predicted octanol–water partition coefficient (Wildman–Crippen LogP) is 8.84. The Morgan fingerprint density at radius 3 is 0.535 bits per heavy atom. The van der Waals surface area contributed by atoms with Crippen LogP contribution in [-0.2, 0) is 17.0 Å². The average molecular weight is 671 g/mol. The first kappa shape index (κ1) is 33.0. The Morgan fingerprint density at radius 2 is 0.419 bits per heavy atom. The molecule has 0 aliphatic rings. The van der Waals surface area contributed by atoms with E-state index >= 15 is 0 Å². The van der Waals surface area contributed by atoms with Gasteiger partial charge in [-0.05, 0) is 31.8 Å². The van der Waals surface area contributed by atoms with Crippen LogP contribution in [0.4, 0.5) is 0 Å². The first-order chi connectivity index (χ1) is 21.0. The molecular formula is C36H30Cl2N2P2Ti-2. The summed E-state index contributed by atoms with van der Waals surface area (Å²) in [6.07, 6.45) is 0. The zero-order valence-electron chi connectivity index (χ0n) is 23.4. The molecule has 43 heavy (non-hydrogen) atoms. The van der Waals surface area contributed by atoms with Crippen LogP contribution in [0.5, 0.6) is 0 Å². The van der Waals surface area contributed by atoms with E-state index in [2.05, 4.69) is 0 Å². The molecule has 0 amide bonds. The fraction of sp³-hybridized carbons (Fsp3) is 0. The molecule has 6 rings (SSSR count). The van der Waals surface area contributed by atoms with Crippen molar-refractivity contribution in [2.75, 3.05) is 0 Å². The maximum atomic E-state index is 11.5.